The summed E-state index contributed by atoms with van der Waals surface area (Å²) in [5.41, 5.74) is 4.75. The minimum absolute atomic E-state index is 0.259. The largest absolute Gasteiger partial charge is 0.304 e. The van der Waals surface area contributed by atoms with Crippen LogP contribution in [-0.4, -0.2) is 40.1 Å². The van der Waals surface area contributed by atoms with Crippen LogP contribution in [0.4, 0.5) is 5.82 Å². The molecule has 0 atom stereocenters. The molecule has 0 unspecified atom stereocenters. The fourth-order valence-electron chi connectivity index (χ4n) is 4.26. The SMILES string of the molecule is Cc1c(-c2ccnc3cc(C(=O)Nc4ccn(Cc5cccc6ccccc56)n4)nn23)cnn1C. The van der Waals surface area contributed by atoms with Gasteiger partial charge >= 0.3 is 0 Å². The van der Waals surface area contributed by atoms with Gasteiger partial charge in [0.1, 0.15) is 0 Å². The monoisotopic (exact) mass is 462 g/mol. The van der Waals surface area contributed by atoms with Gasteiger partial charge in [0.2, 0.25) is 0 Å². The molecule has 0 saturated heterocycles. The molecule has 4 aromatic heterocycles. The van der Waals surface area contributed by atoms with Gasteiger partial charge in [-0.1, -0.05) is 42.5 Å². The molecule has 172 valence electrons. The van der Waals surface area contributed by atoms with Crippen molar-refractivity contribution < 1.29 is 4.79 Å². The average molecular weight is 463 g/mol. The van der Waals surface area contributed by atoms with E-state index in [9.17, 15) is 4.79 Å². The quantitative estimate of drug-likeness (QED) is 0.416. The maximum atomic E-state index is 13.0. The molecule has 6 rings (SSSR count). The van der Waals surface area contributed by atoms with Gasteiger partial charge in [-0.2, -0.15) is 15.3 Å². The smallest absolute Gasteiger partial charge is 0.277 e. The van der Waals surface area contributed by atoms with Crippen LogP contribution < -0.4 is 5.32 Å². The van der Waals surface area contributed by atoms with Crippen molar-refractivity contribution in [2.24, 2.45) is 7.05 Å². The molecule has 0 aliphatic carbocycles. The van der Waals surface area contributed by atoms with Gasteiger partial charge in [-0.25, -0.2) is 9.50 Å². The molecule has 0 radical (unpaired) electrons. The van der Waals surface area contributed by atoms with E-state index in [4.69, 9.17) is 0 Å². The fraction of sp³-hybridized carbons (Fsp3) is 0.115. The van der Waals surface area contributed by atoms with Crippen molar-refractivity contribution in [1.29, 1.82) is 0 Å². The lowest BCUT2D eigenvalue weighted by Gasteiger charge is -2.06. The second-order valence-corrected chi connectivity index (χ2v) is 8.39. The minimum atomic E-state index is -0.347. The molecule has 2 aromatic carbocycles. The summed E-state index contributed by atoms with van der Waals surface area (Å²) >= 11 is 0. The first-order valence-corrected chi connectivity index (χ1v) is 11.2. The lowest BCUT2D eigenvalue weighted by Crippen LogP contribution is -2.13. The normalized spacial score (nSPS) is 11.4. The number of carbonyl (C=O) groups excluding carboxylic acids is 1. The Morgan fingerprint density at radius 3 is 2.74 bits per heavy atom. The van der Waals surface area contributed by atoms with Crippen LogP contribution in [0.15, 0.2) is 79.3 Å². The molecule has 0 spiro atoms. The van der Waals surface area contributed by atoms with Gasteiger partial charge in [0.25, 0.3) is 5.91 Å². The lowest BCUT2D eigenvalue weighted by atomic mass is 10.0. The van der Waals surface area contributed by atoms with Crippen LogP contribution in [-0.2, 0) is 13.6 Å². The Morgan fingerprint density at radius 2 is 1.89 bits per heavy atom. The summed E-state index contributed by atoms with van der Waals surface area (Å²) in [4.78, 5) is 17.3. The molecule has 0 aliphatic rings. The highest BCUT2D eigenvalue weighted by molar-refractivity contribution is 6.03. The standard InChI is InChI=1S/C26H22N8O/c1-17-21(15-28-32(17)2)23-10-12-27-25-14-22(30-34(23)25)26(35)29-24-11-13-33(31-24)16-19-8-5-7-18-6-3-4-9-20(18)19/h3-15H,16H2,1-2H3,(H,29,31,35). The van der Waals surface area contributed by atoms with Crippen LogP contribution in [0.5, 0.6) is 0 Å². The van der Waals surface area contributed by atoms with Crippen LogP contribution in [0.25, 0.3) is 27.7 Å². The number of aromatic nitrogens is 7. The molecule has 35 heavy (non-hydrogen) atoms. The molecule has 1 N–H and O–H groups in total. The second-order valence-electron chi connectivity index (χ2n) is 8.39. The van der Waals surface area contributed by atoms with Crippen LogP contribution in [0.2, 0.25) is 0 Å². The molecule has 0 fully saturated rings. The number of aryl methyl sites for hydroxylation is 1. The van der Waals surface area contributed by atoms with E-state index in [1.807, 2.05) is 49.1 Å². The predicted octanol–water partition coefficient (Wildman–Crippen LogP) is 4.09. The molecular weight excluding hydrogens is 440 g/mol. The number of benzene rings is 2. The Hall–Kier alpha value is -4.79. The van der Waals surface area contributed by atoms with E-state index in [2.05, 4.69) is 49.9 Å². The number of hydrogen-bond acceptors (Lipinski definition) is 5. The van der Waals surface area contributed by atoms with Crippen molar-refractivity contribution >= 4 is 28.1 Å². The summed E-state index contributed by atoms with van der Waals surface area (Å²) in [6.07, 6.45) is 5.34. The van der Waals surface area contributed by atoms with Gasteiger partial charge in [-0.3, -0.25) is 14.2 Å². The topological polar surface area (TPSA) is 94.9 Å². The van der Waals surface area contributed by atoms with Gasteiger partial charge in [-0.05, 0) is 29.3 Å². The highest BCUT2D eigenvalue weighted by Gasteiger charge is 2.17. The Morgan fingerprint density at radius 1 is 1.03 bits per heavy atom. The van der Waals surface area contributed by atoms with E-state index in [0.717, 1.165) is 22.5 Å². The first kappa shape index (κ1) is 20.8. The first-order valence-electron chi connectivity index (χ1n) is 11.2. The number of nitrogens with one attached hydrogen (secondary N) is 1. The van der Waals surface area contributed by atoms with E-state index in [0.29, 0.717) is 18.0 Å². The van der Waals surface area contributed by atoms with Crippen LogP contribution in [0.3, 0.4) is 0 Å². The minimum Gasteiger partial charge on any atom is -0.304 e. The van der Waals surface area contributed by atoms with E-state index < -0.39 is 0 Å². The number of anilines is 1. The van der Waals surface area contributed by atoms with Crippen molar-refractivity contribution in [2.45, 2.75) is 13.5 Å². The third-order valence-electron chi connectivity index (χ3n) is 6.20. The zero-order valence-electron chi connectivity index (χ0n) is 19.3. The number of fused-ring (bicyclic) bond motifs is 2. The van der Waals surface area contributed by atoms with Gasteiger partial charge in [0.15, 0.2) is 17.2 Å². The highest BCUT2D eigenvalue weighted by Crippen LogP contribution is 2.23. The van der Waals surface area contributed by atoms with E-state index in [1.54, 1.807) is 33.7 Å². The molecule has 4 heterocycles. The van der Waals surface area contributed by atoms with Crippen LogP contribution in [0, 0.1) is 6.92 Å². The molecule has 0 aliphatic heterocycles. The second kappa shape index (κ2) is 8.21. The van der Waals surface area contributed by atoms with Crippen molar-refractivity contribution in [2.75, 3.05) is 5.32 Å². The highest BCUT2D eigenvalue weighted by atomic mass is 16.2. The maximum absolute atomic E-state index is 13.0. The van der Waals surface area contributed by atoms with Gasteiger partial charge in [0, 0.05) is 42.8 Å². The van der Waals surface area contributed by atoms with Crippen molar-refractivity contribution in [3.05, 3.63) is 96.2 Å². The maximum Gasteiger partial charge on any atom is 0.277 e. The number of amides is 1. The fourth-order valence-corrected chi connectivity index (χ4v) is 4.26. The summed E-state index contributed by atoms with van der Waals surface area (Å²) in [5.74, 6) is 0.114. The van der Waals surface area contributed by atoms with E-state index >= 15 is 0 Å². The Kier molecular flexibility index (Phi) is 4.88. The average Bonchev–Trinajstić information content (AvgIpc) is 3.59. The van der Waals surface area contributed by atoms with Crippen LogP contribution >= 0.6 is 0 Å². The zero-order valence-corrected chi connectivity index (χ0v) is 19.3. The zero-order chi connectivity index (χ0) is 23.9. The number of carbonyl (C=O) groups is 1. The van der Waals surface area contributed by atoms with Crippen molar-refractivity contribution in [3.8, 4) is 11.3 Å². The molecule has 0 saturated carbocycles. The Labute approximate surface area is 200 Å². The number of nitrogens with zero attached hydrogens (tertiary/aromatic N) is 7. The lowest BCUT2D eigenvalue weighted by molar-refractivity contribution is 0.102. The summed E-state index contributed by atoms with van der Waals surface area (Å²) in [5, 5.41) is 18.6. The summed E-state index contributed by atoms with van der Waals surface area (Å²) in [6, 6.07) is 19.8. The van der Waals surface area contributed by atoms with Gasteiger partial charge in [0.05, 0.1) is 18.4 Å². The summed E-state index contributed by atoms with van der Waals surface area (Å²) < 4.78 is 5.28. The van der Waals surface area contributed by atoms with E-state index in [-0.39, 0.29) is 11.6 Å². The van der Waals surface area contributed by atoms with Gasteiger partial charge in [-0.15, -0.1) is 0 Å². The molecule has 9 nitrogen and oxygen atoms in total. The van der Waals surface area contributed by atoms with E-state index in [1.165, 1.54) is 10.8 Å². The number of hydrogen-bond donors (Lipinski definition) is 1. The van der Waals surface area contributed by atoms with Crippen molar-refractivity contribution in [3.63, 3.8) is 0 Å². The third-order valence-corrected chi connectivity index (χ3v) is 6.20. The molecule has 6 aromatic rings. The molecular formula is C26H22N8O. The Balaban J connectivity index is 1.24. The molecule has 0 bridgehead atoms. The Bertz CT molecular complexity index is 1700. The summed E-state index contributed by atoms with van der Waals surface area (Å²) in [7, 11) is 1.89. The molecule has 9 heteroatoms. The summed E-state index contributed by atoms with van der Waals surface area (Å²) in [6.45, 7) is 2.59. The van der Waals surface area contributed by atoms with Crippen molar-refractivity contribution in [1.82, 2.24) is 34.2 Å². The first-order chi connectivity index (χ1) is 17.1. The van der Waals surface area contributed by atoms with Crippen LogP contribution in [0.1, 0.15) is 21.7 Å². The molecule has 1 amide bonds. The van der Waals surface area contributed by atoms with Gasteiger partial charge < -0.3 is 5.32 Å². The predicted molar refractivity (Wildman–Crippen MR) is 133 cm³/mol. The third kappa shape index (κ3) is 3.72. The number of rotatable bonds is 5.